The van der Waals surface area contributed by atoms with Crippen LogP contribution >= 0.6 is 0 Å². The van der Waals surface area contributed by atoms with Gasteiger partial charge in [0.1, 0.15) is 6.17 Å². The van der Waals surface area contributed by atoms with E-state index >= 15 is 0 Å². The molecule has 0 fully saturated rings. The average Bonchev–Trinajstić information content (AvgIpc) is 2.20. The largest absolute Gasteiger partial charge is 0.481 e. The number of carboxylic acid groups (broad SMARTS) is 1. The van der Waals surface area contributed by atoms with E-state index in [1.54, 1.807) is 19.1 Å². The zero-order chi connectivity index (χ0) is 12.3. The molecule has 16 heavy (non-hydrogen) atoms. The number of hydrogen-bond donors (Lipinski definition) is 1. The van der Waals surface area contributed by atoms with E-state index in [0.717, 1.165) is 11.1 Å². The van der Waals surface area contributed by atoms with E-state index in [9.17, 15) is 9.18 Å². The maximum atomic E-state index is 13.1. The summed E-state index contributed by atoms with van der Waals surface area (Å²) in [6.45, 7) is 5.05. The third kappa shape index (κ3) is 3.05. The summed E-state index contributed by atoms with van der Waals surface area (Å²) in [7, 11) is 0. The zero-order valence-electron chi connectivity index (χ0n) is 9.83. The Balaban J connectivity index is 2.94. The Labute approximate surface area is 95.1 Å². The minimum Gasteiger partial charge on any atom is -0.481 e. The minimum atomic E-state index is -1.01. The molecular weight excluding hydrogens is 207 g/mol. The zero-order valence-corrected chi connectivity index (χ0v) is 9.83. The van der Waals surface area contributed by atoms with Crippen molar-refractivity contribution in [1.29, 1.82) is 0 Å². The molecule has 3 heteroatoms. The van der Waals surface area contributed by atoms with Gasteiger partial charge in [-0.2, -0.15) is 0 Å². The van der Waals surface area contributed by atoms with Crippen LogP contribution in [0, 0.1) is 12.8 Å². The summed E-state index contributed by atoms with van der Waals surface area (Å²) in [5.74, 6) is -1.26. The fraction of sp³-hybridized carbons (Fsp3) is 0.462. The van der Waals surface area contributed by atoms with Crippen LogP contribution < -0.4 is 0 Å². The van der Waals surface area contributed by atoms with E-state index < -0.39 is 18.1 Å². The summed E-state index contributed by atoms with van der Waals surface area (Å²) in [5.41, 5.74) is 2.53. The first-order valence-corrected chi connectivity index (χ1v) is 5.38. The number of hydrogen-bond acceptors (Lipinski definition) is 1. The SMILES string of the molecule is Cc1ccc(C(C)F)cc1CC(C)C(=O)O. The first-order chi connectivity index (χ1) is 7.41. The van der Waals surface area contributed by atoms with Gasteiger partial charge in [0.2, 0.25) is 0 Å². The topological polar surface area (TPSA) is 37.3 Å². The van der Waals surface area contributed by atoms with Crippen molar-refractivity contribution in [2.75, 3.05) is 0 Å². The van der Waals surface area contributed by atoms with Crippen molar-refractivity contribution in [1.82, 2.24) is 0 Å². The highest BCUT2D eigenvalue weighted by molar-refractivity contribution is 5.70. The molecule has 2 atom stereocenters. The predicted molar refractivity (Wildman–Crippen MR) is 61.2 cm³/mol. The third-order valence-electron chi connectivity index (χ3n) is 2.78. The second-order valence-corrected chi connectivity index (χ2v) is 4.25. The van der Waals surface area contributed by atoms with Crippen LogP contribution in [0.3, 0.4) is 0 Å². The molecule has 1 N–H and O–H groups in total. The summed E-state index contributed by atoms with van der Waals surface area (Å²) >= 11 is 0. The normalized spacial score (nSPS) is 14.5. The fourth-order valence-electron chi connectivity index (χ4n) is 1.58. The summed E-state index contributed by atoms with van der Waals surface area (Å²) < 4.78 is 13.1. The van der Waals surface area contributed by atoms with Gasteiger partial charge < -0.3 is 5.11 Å². The molecule has 1 aromatic rings. The van der Waals surface area contributed by atoms with E-state index in [1.807, 2.05) is 13.0 Å². The first kappa shape index (κ1) is 12.7. The molecule has 0 bridgehead atoms. The lowest BCUT2D eigenvalue weighted by Gasteiger charge is -2.12. The maximum absolute atomic E-state index is 13.1. The van der Waals surface area contributed by atoms with Crippen LogP contribution in [0.15, 0.2) is 18.2 Å². The van der Waals surface area contributed by atoms with Crippen LogP contribution in [0.25, 0.3) is 0 Å². The smallest absolute Gasteiger partial charge is 0.306 e. The molecule has 0 aliphatic carbocycles. The highest BCUT2D eigenvalue weighted by atomic mass is 19.1. The van der Waals surface area contributed by atoms with Crippen LogP contribution in [0.1, 0.15) is 36.7 Å². The van der Waals surface area contributed by atoms with Crippen molar-refractivity contribution >= 4 is 5.97 Å². The van der Waals surface area contributed by atoms with E-state index in [1.165, 1.54) is 6.92 Å². The molecule has 0 radical (unpaired) electrons. The van der Waals surface area contributed by atoms with Crippen LogP contribution in [-0.2, 0) is 11.2 Å². The van der Waals surface area contributed by atoms with E-state index in [4.69, 9.17) is 5.11 Å². The monoisotopic (exact) mass is 224 g/mol. The maximum Gasteiger partial charge on any atom is 0.306 e. The third-order valence-corrected chi connectivity index (χ3v) is 2.78. The standard InChI is InChI=1S/C13H17FO2/c1-8-4-5-11(10(3)14)7-12(8)6-9(2)13(15)16/h4-5,7,9-10H,6H2,1-3H3,(H,15,16). The minimum absolute atomic E-state index is 0.441. The van der Waals surface area contributed by atoms with Gasteiger partial charge in [0.05, 0.1) is 5.92 Å². The van der Waals surface area contributed by atoms with Crippen molar-refractivity contribution in [2.45, 2.75) is 33.4 Å². The van der Waals surface area contributed by atoms with Gasteiger partial charge in [-0.3, -0.25) is 4.79 Å². The number of halogens is 1. The first-order valence-electron chi connectivity index (χ1n) is 5.38. The molecule has 0 aromatic heterocycles. The van der Waals surface area contributed by atoms with Gasteiger partial charge in [-0.1, -0.05) is 25.1 Å². The molecule has 0 aliphatic heterocycles. The number of carbonyl (C=O) groups is 1. The molecule has 0 saturated heterocycles. The van der Waals surface area contributed by atoms with Crippen molar-refractivity contribution in [3.63, 3.8) is 0 Å². The van der Waals surface area contributed by atoms with Crippen molar-refractivity contribution in [3.05, 3.63) is 34.9 Å². The van der Waals surface area contributed by atoms with Gasteiger partial charge >= 0.3 is 5.97 Å². The molecule has 0 heterocycles. The van der Waals surface area contributed by atoms with Crippen molar-refractivity contribution < 1.29 is 14.3 Å². The Morgan fingerprint density at radius 1 is 1.44 bits per heavy atom. The number of alkyl halides is 1. The van der Waals surface area contributed by atoms with Crippen molar-refractivity contribution in [3.8, 4) is 0 Å². The molecule has 2 unspecified atom stereocenters. The van der Waals surface area contributed by atoms with Crippen LogP contribution in [0.2, 0.25) is 0 Å². The Morgan fingerprint density at radius 3 is 2.56 bits per heavy atom. The van der Waals surface area contributed by atoms with Crippen LogP contribution in [0.5, 0.6) is 0 Å². The summed E-state index contributed by atoms with van der Waals surface area (Å²) in [4.78, 5) is 10.8. The Bertz CT molecular complexity index is 386. The number of aryl methyl sites for hydroxylation is 1. The molecule has 2 nitrogen and oxygen atoms in total. The van der Waals surface area contributed by atoms with E-state index in [2.05, 4.69) is 0 Å². The molecule has 0 saturated carbocycles. The molecule has 0 amide bonds. The predicted octanol–water partition coefficient (Wildman–Crippen LogP) is 3.29. The second kappa shape index (κ2) is 5.10. The van der Waals surface area contributed by atoms with Gasteiger partial charge in [0.25, 0.3) is 0 Å². The lowest BCUT2D eigenvalue weighted by molar-refractivity contribution is -0.141. The highest BCUT2D eigenvalue weighted by Crippen LogP contribution is 2.22. The Hall–Kier alpha value is -1.38. The number of rotatable bonds is 4. The van der Waals surface area contributed by atoms with Gasteiger partial charge in [0.15, 0.2) is 0 Å². The molecule has 1 aromatic carbocycles. The highest BCUT2D eigenvalue weighted by Gasteiger charge is 2.14. The molecule has 0 aliphatic rings. The van der Waals surface area contributed by atoms with Gasteiger partial charge in [-0.25, -0.2) is 4.39 Å². The number of benzene rings is 1. The van der Waals surface area contributed by atoms with E-state index in [0.29, 0.717) is 12.0 Å². The van der Waals surface area contributed by atoms with Crippen molar-refractivity contribution in [2.24, 2.45) is 5.92 Å². The average molecular weight is 224 g/mol. The van der Waals surface area contributed by atoms with Gasteiger partial charge in [0, 0.05) is 0 Å². The molecular formula is C13H17FO2. The molecule has 88 valence electrons. The Kier molecular flexibility index (Phi) is 4.05. The number of carboxylic acids is 1. The van der Waals surface area contributed by atoms with Gasteiger partial charge in [-0.15, -0.1) is 0 Å². The quantitative estimate of drug-likeness (QED) is 0.852. The lowest BCUT2D eigenvalue weighted by Crippen LogP contribution is -2.13. The van der Waals surface area contributed by atoms with Crippen LogP contribution in [-0.4, -0.2) is 11.1 Å². The molecule has 1 rings (SSSR count). The molecule has 0 spiro atoms. The Morgan fingerprint density at radius 2 is 2.06 bits per heavy atom. The van der Waals surface area contributed by atoms with E-state index in [-0.39, 0.29) is 0 Å². The lowest BCUT2D eigenvalue weighted by atomic mass is 9.95. The van der Waals surface area contributed by atoms with Gasteiger partial charge in [-0.05, 0) is 37.0 Å². The van der Waals surface area contributed by atoms with Crippen LogP contribution in [0.4, 0.5) is 4.39 Å². The number of aliphatic carboxylic acids is 1. The second-order valence-electron chi connectivity index (χ2n) is 4.25. The summed E-state index contributed by atoms with van der Waals surface area (Å²) in [5, 5.41) is 8.84. The summed E-state index contributed by atoms with van der Waals surface area (Å²) in [6, 6.07) is 5.35. The fourth-order valence-corrected chi connectivity index (χ4v) is 1.58. The summed E-state index contributed by atoms with van der Waals surface area (Å²) in [6.07, 6.45) is -0.568.